The molecule has 0 saturated heterocycles. The van der Waals surface area contributed by atoms with Gasteiger partial charge in [-0.15, -0.1) is 0 Å². The van der Waals surface area contributed by atoms with Crippen molar-refractivity contribution in [1.82, 2.24) is 0 Å². The largest absolute Gasteiger partial charge is 1.00 e. The predicted octanol–water partition coefficient (Wildman–Crippen LogP) is -0.268. The Bertz CT molecular complexity index is 408. The SMILES string of the molecule is C=CC(=O)C(C)[N+](C)(Cc1ccccc1)OCC.[Br-]. The highest BCUT2D eigenvalue weighted by Crippen LogP contribution is 2.18. The Labute approximate surface area is 126 Å². The molecule has 0 radical (unpaired) electrons. The number of carbonyl (C=O) groups is 1. The lowest BCUT2D eigenvalue weighted by molar-refractivity contribution is -1.11. The maximum Gasteiger partial charge on any atom is 0.214 e. The van der Waals surface area contributed by atoms with Crippen molar-refractivity contribution in [1.29, 1.82) is 0 Å². The number of rotatable bonds is 7. The molecule has 2 atom stereocenters. The summed E-state index contributed by atoms with van der Waals surface area (Å²) in [7, 11) is 1.93. The third-order valence-corrected chi connectivity index (χ3v) is 3.20. The van der Waals surface area contributed by atoms with Crippen LogP contribution < -0.4 is 17.0 Å². The summed E-state index contributed by atoms with van der Waals surface area (Å²) in [6, 6.07) is 9.79. The highest BCUT2D eigenvalue weighted by atomic mass is 79.9. The highest BCUT2D eigenvalue weighted by molar-refractivity contribution is 5.92. The van der Waals surface area contributed by atoms with Crippen molar-refractivity contribution in [3.8, 4) is 0 Å². The fourth-order valence-corrected chi connectivity index (χ4v) is 1.97. The first-order valence-corrected chi connectivity index (χ1v) is 6.23. The van der Waals surface area contributed by atoms with Crippen molar-refractivity contribution in [3.05, 3.63) is 48.6 Å². The molecule has 0 fully saturated rings. The van der Waals surface area contributed by atoms with Gasteiger partial charge in [-0.25, -0.2) is 4.84 Å². The number of hydrogen-bond donors (Lipinski definition) is 0. The minimum absolute atomic E-state index is 0. The van der Waals surface area contributed by atoms with Gasteiger partial charge in [0.25, 0.3) is 0 Å². The molecule has 0 saturated carbocycles. The predicted molar refractivity (Wildman–Crippen MR) is 72.6 cm³/mol. The molecule has 2 unspecified atom stereocenters. The van der Waals surface area contributed by atoms with Crippen LogP contribution in [0.2, 0.25) is 0 Å². The third kappa shape index (κ3) is 4.90. The standard InChI is InChI=1S/C15H22NO2.BrH/c1-5-15(17)13(3)16(4,18-6-2)12-14-10-8-7-9-11-14;/h5,7-11,13H,1,6,12H2,2-4H3;1H/q+1;/p-1. The third-order valence-electron chi connectivity index (χ3n) is 3.20. The molecule has 3 nitrogen and oxygen atoms in total. The Hall–Kier alpha value is -0.970. The van der Waals surface area contributed by atoms with Crippen LogP contribution in [0.4, 0.5) is 0 Å². The lowest BCUT2D eigenvalue weighted by atomic mass is 10.1. The smallest absolute Gasteiger partial charge is 0.214 e. The van der Waals surface area contributed by atoms with E-state index in [1.165, 1.54) is 6.08 Å². The topological polar surface area (TPSA) is 26.3 Å². The van der Waals surface area contributed by atoms with Crippen molar-refractivity contribution < 1.29 is 31.3 Å². The first kappa shape index (κ1) is 18.0. The number of benzene rings is 1. The lowest BCUT2D eigenvalue weighted by Crippen LogP contribution is -3.00. The molecule has 0 aliphatic heterocycles. The van der Waals surface area contributed by atoms with E-state index in [1.807, 2.05) is 51.2 Å². The van der Waals surface area contributed by atoms with Gasteiger partial charge in [0.15, 0.2) is 6.04 Å². The van der Waals surface area contributed by atoms with Crippen LogP contribution in [-0.4, -0.2) is 30.1 Å². The molecular formula is C15H22BrNO2. The number of likely N-dealkylation sites (N-methyl/N-ethyl adjacent to an activating group) is 1. The molecule has 0 heterocycles. The molecule has 0 bridgehead atoms. The Balaban J connectivity index is 0.00000324. The first-order valence-electron chi connectivity index (χ1n) is 6.23. The molecule has 0 aliphatic carbocycles. The minimum atomic E-state index is -0.261. The zero-order valence-electron chi connectivity index (χ0n) is 11.8. The fourth-order valence-electron chi connectivity index (χ4n) is 1.97. The zero-order chi connectivity index (χ0) is 13.6. The van der Waals surface area contributed by atoms with Crippen LogP contribution in [-0.2, 0) is 16.2 Å². The normalized spacial score (nSPS) is 14.9. The van der Waals surface area contributed by atoms with Crippen LogP contribution in [0.25, 0.3) is 0 Å². The fraction of sp³-hybridized carbons (Fsp3) is 0.400. The zero-order valence-corrected chi connectivity index (χ0v) is 13.4. The molecule has 19 heavy (non-hydrogen) atoms. The average Bonchev–Trinajstić information content (AvgIpc) is 2.38. The van der Waals surface area contributed by atoms with Crippen molar-refractivity contribution in [2.45, 2.75) is 26.4 Å². The van der Waals surface area contributed by atoms with Gasteiger partial charge in [-0.05, 0) is 19.9 Å². The Morgan fingerprint density at radius 1 is 1.42 bits per heavy atom. The number of halogens is 1. The van der Waals surface area contributed by atoms with E-state index in [-0.39, 0.29) is 33.5 Å². The summed E-state index contributed by atoms with van der Waals surface area (Å²) in [6.07, 6.45) is 1.37. The van der Waals surface area contributed by atoms with Gasteiger partial charge >= 0.3 is 0 Å². The Morgan fingerprint density at radius 3 is 2.47 bits per heavy atom. The van der Waals surface area contributed by atoms with E-state index in [4.69, 9.17) is 4.84 Å². The number of carbonyl (C=O) groups excluding carboxylic acids is 1. The summed E-state index contributed by atoms with van der Waals surface area (Å²) in [5, 5.41) is 0. The number of hydroxylamine groups is 3. The van der Waals surface area contributed by atoms with Gasteiger partial charge in [-0.3, -0.25) is 4.79 Å². The van der Waals surface area contributed by atoms with E-state index in [2.05, 4.69) is 6.58 Å². The molecule has 0 N–H and O–H groups in total. The van der Waals surface area contributed by atoms with E-state index >= 15 is 0 Å². The summed E-state index contributed by atoms with van der Waals surface area (Å²) in [5.74, 6) is 0.00174. The van der Waals surface area contributed by atoms with Crippen molar-refractivity contribution >= 4 is 5.78 Å². The maximum atomic E-state index is 11.8. The van der Waals surface area contributed by atoms with Crippen molar-refractivity contribution in [3.63, 3.8) is 0 Å². The quantitative estimate of drug-likeness (QED) is 0.391. The molecule has 0 amide bonds. The van der Waals surface area contributed by atoms with Crippen LogP contribution in [0.15, 0.2) is 43.0 Å². The summed E-state index contributed by atoms with van der Waals surface area (Å²) < 4.78 is 0.241. The molecule has 1 rings (SSSR count). The first-order chi connectivity index (χ1) is 8.53. The molecule has 0 spiro atoms. The molecular weight excluding hydrogens is 306 g/mol. The average molecular weight is 328 g/mol. The van der Waals surface area contributed by atoms with Gasteiger partial charge < -0.3 is 17.0 Å². The summed E-state index contributed by atoms with van der Waals surface area (Å²) >= 11 is 0. The molecule has 106 valence electrons. The van der Waals surface area contributed by atoms with Crippen LogP contribution in [0.5, 0.6) is 0 Å². The summed E-state index contributed by atoms with van der Waals surface area (Å²) in [5.41, 5.74) is 1.15. The summed E-state index contributed by atoms with van der Waals surface area (Å²) in [6.45, 7) is 8.59. The molecule has 1 aromatic carbocycles. The van der Waals surface area contributed by atoms with Crippen molar-refractivity contribution in [2.75, 3.05) is 13.7 Å². The van der Waals surface area contributed by atoms with Crippen LogP contribution >= 0.6 is 0 Å². The molecule has 4 heteroatoms. The lowest BCUT2D eigenvalue weighted by Gasteiger charge is -2.35. The van der Waals surface area contributed by atoms with Crippen LogP contribution in [0, 0.1) is 0 Å². The highest BCUT2D eigenvalue weighted by Gasteiger charge is 2.35. The Morgan fingerprint density at radius 2 is 2.00 bits per heavy atom. The van der Waals surface area contributed by atoms with Gasteiger partial charge in [0.05, 0.1) is 7.05 Å². The number of ketones is 1. The van der Waals surface area contributed by atoms with Gasteiger partial charge in [0.2, 0.25) is 5.78 Å². The second kappa shape index (κ2) is 8.25. The van der Waals surface area contributed by atoms with Gasteiger partial charge in [0, 0.05) is 5.56 Å². The van der Waals surface area contributed by atoms with E-state index in [9.17, 15) is 4.79 Å². The van der Waals surface area contributed by atoms with E-state index in [0.29, 0.717) is 13.2 Å². The number of quaternary nitrogens is 1. The Kier molecular flexibility index (Phi) is 7.83. The van der Waals surface area contributed by atoms with Gasteiger partial charge in [0.1, 0.15) is 13.2 Å². The molecule has 0 aliphatic rings. The number of hydrogen-bond acceptors (Lipinski definition) is 2. The van der Waals surface area contributed by atoms with E-state index in [1.54, 1.807) is 0 Å². The number of nitrogens with zero attached hydrogens (tertiary/aromatic N) is 1. The molecule has 1 aromatic rings. The monoisotopic (exact) mass is 327 g/mol. The van der Waals surface area contributed by atoms with Crippen molar-refractivity contribution in [2.24, 2.45) is 0 Å². The van der Waals surface area contributed by atoms with E-state index in [0.717, 1.165) is 5.56 Å². The minimum Gasteiger partial charge on any atom is -1.00 e. The second-order valence-corrected chi connectivity index (χ2v) is 4.52. The maximum absolute atomic E-state index is 11.8. The molecule has 0 aromatic heterocycles. The van der Waals surface area contributed by atoms with E-state index < -0.39 is 0 Å². The summed E-state index contributed by atoms with van der Waals surface area (Å²) in [4.78, 5) is 17.6. The van der Waals surface area contributed by atoms with Gasteiger partial charge in [-0.1, -0.05) is 36.9 Å². The second-order valence-electron chi connectivity index (χ2n) is 4.52. The van der Waals surface area contributed by atoms with Crippen LogP contribution in [0.3, 0.4) is 0 Å². The van der Waals surface area contributed by atoms with Crippen LogP contribution in [0.1, 0.15) is 19.4 Å². The van der Waals surface area contributed by atoms with Gasteiger partial charge in [-0.2, -0.15) is 4.65 Å².